The molecule has 0 radical (unpaired) electrons. The van der Waals surface area contributed by atoms with Crippen molar-refractivity contribution in [2.45, 2.75) is 6.92 Å². The summed E-state index contributed by atoms with van der Waals surface area (Å²) in [5, 5.41) is 2.86. The second-order valence-electron chi connectivity index (χ2n) is 14.2. The first-order valence-electron chi connectivity index (χ1n) is 18.1. The molecule has 60 heavy (non-hydrogen) atoms. The molecule has 0 saturated heterocycles. The molecule has 0 fully saturated rings. The Bertz CT molecular complexity index is 3040. The molecule has 0 aromatic heterocycles. The Kier molecular flexibility index (Phi) is 10.8. The first kappa shape index (κ1) is 41.5. The molecular weight excluding hydrogens is 1360 g/mol. The minimum Gasteiger partial charge on any atom is -0.394 e. The topological polar surface area (TPSA) is 112 Å². The van der Waals surface area contributed by atoms with Crippen LogP contribution < -0.4 is 18.1 Å². The first-order chi connectivity index (χ1) is 28.7. The summed E-state index contributed by atoms with van der Waals surface area (Å²) >= 11 is 11.4. The number of halogens is 5. The lowest BCUT2D eigenvalue weighted by molar-refractivity contribution is 0.292. The number of aryl methyl sites for hydroxylation is 1. The van der Waals surface area contributed by atoms with E-state index in [0.29, 0.717) is 55.3 Å². The fourth-order valence-corrected chi connectivity index (χ4v) is 16.5. The van der Waals surface area contributed by atoms with E-state index in [2.05, 4.69) is 119 Å². The van der Waals surface area contributed by atoms with Crippen LogP contribution in [-0.2, 0) is 9.13 Å². The fraction of sp³-hybridized carbons (Fsp3) is 0.0222. The van der Waals surface area contributed by atoms with Crippen molar-refractivity contribution in [2.75, 3.05) is 0 Å². The predicted octanol–water partition coefficient (Wildman–Crippen LogP) is 15.4. The van der Waals surface area contributed by atoms with Gasteiger partial charge in [0.2, 0.25) is 0 Å². The van der Waals surface area contributed by atoms with Crippen LogP contribution in [0, 0.1) is 24.8 Å². The Morgan fingerprint density at radius 2 is 0.800 bits per heavy atom. The molecule has 8 aromatic carbocycles. The van der Waals surface area contributed by atoms with Crippen LogP contribution in [0.2, 0.25) is 0 Å². The molecule has 2 N–H and O–H groups in total. The van der Waals surface area contributed by atoms with E-state index < -0.39 is 15.6 Å². The number of fused-ring (bicyclic) bond motifs is 8. The van der Waals surface area contributed by atoms with Crippen LogP contribution >= 0.6 is 129 Å². The van der Waals surface area contributed by atoms with E-state index in [-0.39, 0.29) is 23.0 Å². The summed E-state index contributed by atoms with van der Waals surface area (Å²) in [7, 11) is -9.83. The van der Waals surface area contributed by atoms with Crippen LogP contribution in [0.3, 0.4) is 0 Å². The highest BCUT2D eigenvalue weighted by atomic mass is 127. The molecule has 0 saturated carbocycles. The fourth-order valence-electron chi connectivity index (χ4n) is 8.17. The molecule has 0 amide bonds. The molecule has 15 heteroatoms. The highest BCUT2D eigenvalue weighted by molar-refractivity contribution is 14.1. The summed E-state index contributed by atoms with van der Waals surface area (Å²) in [5.41, 5.74) is 6.80. The van der Waals surface area contributed by atoms with Crippen molar-refractivity contribution < 1.29 is 37.0 Å². The molecule has 2 atom stereocenters. The SMILES string of the molecule is Cc1cc(I)cc(I)c1-c1cccc2c1OP(=O)(O)Oc1c-2cc2ccccc2c1-c1c2c(cc3ccccc13)-c1cccc(-c3c(I)cc(I)cc3I)c1OP(=O)(O)O2. The number of benzene rings is 8. The summed E-state index contributed by atoms with van der Waals surface area (Å²) in [6, 6.07) is 38.5. The lowest BCUT2D eigenvalue weighted by atomic mass is 9.85. The summed E-state index contributed by atoms with van der Waals surface area (Å²) in [6.07, 6.45) is 0. The van der Waals surface area contributed by atoms with Gasteiger partial charge in [-0.3, -0.25) is 9.79 Å². The minimum atomic E-state index is -4.91. The Morgan fingerprint density at radius 3 is 1.27 bits per heavy atom. The molecule has 2 heterocycles. The van der Waals surface area contributed by atoms with Crippen molar-refractivity contribution in [3.63, 3.8) is 0 Å². The Labute approximate surface area is 412 Å². The van der Waals surface area contributed by atoms with Gasteiger partial charge in [-0.15, -0.1) is 0 Å². The maximum Gasteiger partial charge on any atom is 0.584 e. The zero-order chi connectivity index (χ0) is 41.8. The van der Waals surface area contributed by atoms with Gasteiger partial charge in [0.05, 0.1) is 0 Å². The van der Waals surface area contributed by atoms with Gasteiger partial charge >= 0.3 is 15.6 Å². The summed E-state index contributed by atoms with van der Waals surface area (Å²) < 4.78 is 58.5. The average Bonchev–Trinajstić information content (AvgIpc) is 3.37. The van der Waals surface area contributed by atoms with Crippen LogP contribution in [0.5, 0.6) is 23.0 Å². The van der Waals surface area contributed by atoms with Crippen LogP contribution in [0.1, 0.15) is 5.56 Å². The zero-order valence-corrected chi connectivity index (χ0v) is 43.3. The van der Waals surface area contributed by atoms with E-state index in [1.165, 1.54) is 0 Å². The van der Waals surface area contributed by atoms with Gasteiger partial charge in [0, 0.05) is 73.5 Å². The van der Waals surface area contributed by atoms with Crippen molar-refractivity contribution in [3.8, 4) is 78.6 Å². The van der Waals surface area contributed by atoms with Crippen molar-refractivity contribution in [1.29, 1.82) is 0 Å². The van der Waals surface area contributed by atoms with Crippen molar-refractivity contribution >= 4 is 150 Å². The number of phosphoric acid groups is 2. The van der Waals surface area contributed by atoms with Crippen LogP contribution in [0.4, 0.5) is 0 Å². The number of phosphoric ester groups is 2. The van der Waals surface area contributed by atoms with Gasteiger partial charge in [0.25, 0.3) is 0 Å². The highest BCUT2D eigenvalue weighted by Crippen LogP contribution is 2.64. The van der Waals surface area contributed by atoms with Gasteiger partial charge in [-0.1, -0.05) is 84.9 Å². The quantitative estimate of drug-likeness (QED) is 0.133. The number of para-hydroxylation sites is 2. The standard InChI is InChI=1S/C45H25I5O8P2/c1-22-16-25(46)19-35(48)38(22)31-14-6-12-29-33-17-23-8-2-4-10-27(23)40(44(33)57-59(51,52)55-42(29)31)41-28-11-5-3-9-24(28)18-34-30-13-7-15-32(39-36(49)20-26(47)21-37(39)50)43(30)56-60(53,54)58-45(34)41/h2-21H,1H3,(H,51,52)(H,53,54). The van der Waals surface area contributed by atoms with E-state index in [0.717, 1.165) is 45.3 Å². The normalized spacial score (nSPS) is 17.8. The number of hydrogen-bond acceptors (Lipinski definition) is 6. The molecule has 2 unspecified atom stereocenters. The molecule has 2 aliphatic rings. The Hall–Kier alpha value is -2.49. The zero-order valence-electron chi connectivity index (χ0n) is 30.7. The van der Waals surface area contributed by atoms with Gasteiger partial charge in [-0.05, 0) is 183 Å². The summed E-state index contributed by atoms with van der Waals surface area (Å²) in [6.45, 7) is 2.00. The molecule has 2 aliphatic heterocycles. The van der Waals surface area contributed by atoms with Gasteiger partial charge in [-0.25, -0.2) is 9.13 Å². The third kappa shape index (κ3) is 7.19. The summed E-state index contributed by atoms with van der Waals surface area (Å²) in [4.78, 5) is 23.5. The lowest BCUT2D eigenvalue weighted by Gasteiger charge is -2.22. The highest BCUT2D eigenvalue weighted by Gasteiger charge is 2.41. The minimum absolute atomic E-state index is 0.0561. The lowest BCUT2D eigenvalue weighted by Crippen LogP contribution is -2.02. The van der Waals surface area contributed by atoms with Crippen LogP contribution in [0.15, 0.2) is 121 Å². The van der Waals surface area contributed by atoms with Gasteiger partial charge < -0.3 is 18.1 Å². The van der Waals surface area contributed by atoms with E-state index in [1.54, 1.807) is 0 Å². The molecule has 298 valence electrons. The second kappa shape index (κ2) is 15.6. The molecule has 8 nitrogen and oxygen atoms in total. The van der Waals surface area contributed by atoms with Crippen LogP contribution in [0.25, 0.3) is 77.2 Å². The van der Waals surface area contributed by atoms with E-state index in [4.69, 9.17) is 18.1 Å². The predicted molar refractivity (Wildman–Crippen MR) is 279 cm³/mol. The molecule has 0 aliphatic carbocycles. The third-order valence-electron chi connectivity index (χ3n) is 10.5. The van der Waals surface area contributed by atoms with E-state index in [9.17, 15) is 18.9 Å². The molecule has 10 rings (SSSR count). The average molecular weight is 1390 g/mol. The van der Waals surface area contributed by atoms with Crippen molar-refractivity contribution in [2.24, 2.45) is 0 Å². The maximum absolute atomic E-state index is 14.4. The Morgan fingerprint density at radius 1 is 0.417 bits per heavy atom. The number of hydrogen-bond donors (Lipinski definition) is 2. The smallest absolute Gasteiger partial charge is 0.394 e. The monoisotopic (exact) mass is 1390 g/mol. The molecule has 0 bridgehead atoms. The largest absolute Gasteiger partial charge is 0.584 e. The van der Waals surface area contributed by atoms with Gasteiger partial charge in [0.1, 0.15) is 23.0 Å². The molecule has 8 aromatic rings. The molecular formula is C45H25I5O8P2. The third-order valence-corrected chi connectivity index (χ3v) is 15.9. The Balaban J connectivity index is 1.34. The van der Waals surface area contributed by atoms with Crippen molar-refractivity contribution in [3.05, 3.63) is 145 Å². The van der Waals surface area contributed by atoms with Crippen molar-refractivity contribution in [1.82, 2.24) is 0 Å². The van der Waals surface area contributed by atoms with Gasteiger partial charge in [-0.2, -0.15) is 0 Å². The maximum atomic E-state index is 14.4. The van der Waals surface area contributed by atoms with E-state index >= 15 is 0 Å². The van der Waals surface area contributed by atoms with Gasteiger partial charge in [0.15, 0.2) is 0 Å². The molecule has 0 spiro atoms. The van der Waals surface area contributed by atoms with Crippen LogP contribution in [-0.4, -0.2) is 9.79 Å². The first-order valence-corrected chi connectivity index (χ1v) is 26.5. The van der Waals surface area contributed by atoms with E-state index in [1.807, 2.05) is 122 Å². The number of rotatable bonds is 3. The summed E-state index contributed by atoms with van der Waals surface area (Å²) in [5.74, 6) is 0.513. The second-order valence-corrected chi connectivity index (χ2v) is 22.8.